The van der Waals surface area contributed by atoms with E-state index in [1.807, 2.05) is 0 Å². The highest BCUT2D eigenvalue weighted by atomic mass is 32.1. The summed E-state index contributed by atoms with van der Waals surface area (Å²) in [6, 6.07) is 3.51. The average Bonchev–Trinajstić information content (AvgIpc) is 2.03. The van der Waals surface area contributed by atoms with Gasteiger partial charge in [0, 0.05) is 12.0 Å². The van der Waals surface area contributed by atoms with Crippen LogP contribution in [0.3, 0.4) is 0 Å². The molecule has 0 nitrogen and oxygen atoms in total. The number of halogens is 2. The molecule has 64 valence electrons. The minimum absolute atomic E-state index is 0.152. The van der Waals surface area contributed by atoms with E-state index in [9.17, 15) is 8.78 Å². The van der Waals surface area contributed by atoms with Crippen molar-refractivity contribution >= 4 is 17.6 Å². The van der Waals surface area contributed by atoms with Crippen LogP contribution in [-0.2, 0) is 0 Å². The summed E-state index contributed by atoms with van der Waals surface area (Å²) in [7, 11) is 0. The lowest BCUT2D eigenvalue weighted by Crippen LogP contribution is -1.97. The van der Waals surface area contributed by atoms with Crippen LogP contribution in [0.5, 0.6) is 0 Å². The van der Waals surface area contributed by atoms with E-state index in [1.165, 1.54) is 17.5 Å². The van der Waals surface area contributed by atoms with Crippen molar-refractivity contribution in [3.63, 3.8) is 0 Å². The molecule has 0 bridgehead atoms. The van der Waals surface area contributed by atoms with Crippen molar-refractivity contribution in [2.24, 2.45) is 0 Å². The van der Waals surface area contributed by atoms with Gasteiger partial charge in [-0.05, 0) is 17.0 Å². The molecule has 0 spiro atoms. The van der Waals surface area contributed by atoms with Gasteiger partial charge in [-0.3, -0.25) is 0 Å². The normalized spacial score (nSPS) is 12.6. The topological polar surface area (TPSA) is 0 Å². The zero-order valence-corrected chi connectivity index (χ0v) is 7.37. The van der Waals surface area contributed by atoms with Gasteiger partial charge in [-0.1, -0.05) is 25.2 Å². The van der Waals surface area contributed by atoms with Gasteiger partial charge < -0.3 is 0 Å². The van der Waals surface area contributed by atoms with Crippen LogP contribution in [0, 0.1) is 11.6 Å². The monoisotopic (exact) mass is 186 g/mol. The molecule has 1 aromatic rings. The maximum Gasteiger partial charge on any atom is 0.129 e. The van der Waals surface area contributed by atoms with E-state index in [2.05, 4.69) is 12.2 Å². The molecule has 0 aliphatic heterocycles. The molecule has 0 fully saturated rings. The predicted octanol–water partition coefficient (Wildman–Crippen LogP) is 3.07. The molecular formula is C9H8F2S. The molecule has 0 aliphatic carbocycles. The molecule has 12 heavy (non-hydrogen) atoms. The Kier molecular flexibility index (Phi) is 2.87. The van der Waals surface area contributed by atoms with Gasteiger partial charge in [0.2, 0.25) is 0 Å². The van der Waals surface area contributed by atoms with Crippen molar-refractivity contribution in [1.82, 2.24) is 0 Å². The number of hydrogen-bond donors (Lipinski definition) is 0. The minimum atomic E-state index is -0.562. The quantitative estimate of drug-likeness (QED) is 0.639. The van der Waals surface area contributed by atoms with Crippen molar-refractivity contribution in [1.29, 1.82) is 0 Å². The largest absolute Gasteiger partial charge is 0.207 e. The van der Waals surface area contributed by atoms with Gasteiger partial charge in [0.15, 0.2) is 0 Å². The fourth-order valence-electron chi connectivity index (χ4n) is 0.944. The molecule has 1 atom stereocenters. The second-order valence-electron chi connectivity index (χ2n) is 2.59. The van der Waals surface area contributed by atoms with Gasteiger partial charge in [0.25, 0.3) is 0 Å². The third-order valence-corrected chi connectivity index (χ3v) is 2.07. The third kappa shape index (κ3) is 1.85. The van der Waals surface area contributed by atoms with Crippen molar-refractivity contribution in [3.8, 4) is 0 Å². The highest BCUT2D eigenvalue weighted by Gasteiger charge is 2.08. The fourth-order valence-corrected chi connectivity index (χ4v) is 1.09. The van der Waals surface area contributed by atoms with Crippen molar-refractivity contribution < 1.29 is 8.78 Å². The van der Waals surface area contributed by atoms with E-state index in [1.54, 1.807) is 6.92 Å². The summed E-state index contributed by atoms with van der Waals surface area (Å²) in [6.07, 6.45) is 0. The molecule has 1 aromatic carbocycles. The van der Waals surface area contributed by atoms with Gasteiger partial charge >= 0.3 is 0 Å². The second-order valence-corrected chi connectivity index (χ2v) is 2.86. The van der Waals surface area contributed by atoms with Gasteiger partial charge in [0.1, 0.15) is 11.6 Å². The molecule has 0 amide bonds. The van der Waals surface area contributed by atoms with Crippen LogP contribution in [-0.4, -0.2) is 5.37 Å². The van der Waals surface area contributed by atoms with Crippen LogP contribution in [0.15, 0.2) is 18.2 Å². The summed E-state index contributed by atoms with van der Waals surface area (Å²) < 4.78 is 25.4. The van der Waals surface area contributed by atoms with Gasteiger partial charge in [0.05, 0.1) is 0 Å². The minimum Gasteiger partial charge on any atom is -0.207 e. The number of thiocarbonyl (C=S) groups is 1. The SMILES string of the molecule is CC(C=S)c1ccc(F)cc1F. The molecule has 1 rings (SSSR count). The Balaban J connectivity index is 3.09. The fraction of sp³-hybridized carbons (Fsp3) is 0.222. The molecule has 0 saturated heterocycles. The Bertz CT molecular complexity index is 297. The zero-order valence-electron chi connectivity index (χ0n) is 6.55. The van der Waals surface area contributed by atoms with E-state index in [-0.39, 0.29) is 5.92 Å². The lowest BCUT2D eigenvalue weighted by atomic mass is 10.0. The number of rotatable bonds is 2. The first kappa shape index (κ1) is 9.26. The smallest absolute Gasteiger partial charge is 0.129 e. The van der Waals surface area contributed by atoms with Crippen LogP contribution in [0.25, 0.3) is 0 Å². The highest BCUT2D eigenvalue weighted by molar-refractivity contribution is 7.79. The molecule has 0 aromatic heterocycles. The Labute approximate surface area is 75.2 Å². The molecular weight excluding hydrogens is 178 g/mol. The summed E-state index contributed by atoms with van der Waals surface area (Å²) >= 11 is 4.66. The van der Waals surface area contributed by atoms with Crippen LogP contribution >= 0.6 is 12.2 Å². The summed E-state index contributed by atoms with van der Waals surface area (Å²) in [5.41, 5.74) is 0.436. The maximum atomic E-state index is 13.0. The zero-order chi connectivity index (χ0) is 9.14. The predicted molar refractivity (Wildman–Crippen MR) is 48.4 cm³/mol. The van der Waals surface area contributed by atoms with Gasteiger partial charge in [-0.15, -0.1) is 0 Å². The lowest BCUT2D eigenvalue weighted by molar-refractivity contribution is 0.572. The van der Waals surface area contributed by atoms with E-state index >= 15 is 0 Å². The lowest BCUT2D eigenvalue weighted by Gasteiger charge is -2.05. The maximum absolute atomic E-state index is 13.0. The molecule has 0 radical (unpaired) electrons. The van der Waals surface area contributed by atoms with Crippen LogP contribution < -0.4 is 0 Å². The van der Waals surface area contributed by atoms with E-state index in [4.69, 9.17) is 0 Å². The summed E-state index contributed by atoms with van der Waals surface area (Å²) in [4.78, 5) is 0. The molecule has 0 N–H and O–H groups in total. The van der Waals surface area contributed by atoms with Crippen molar-refractivity contribution in [3.05, 3.63) is 35.4 Å². The first-order chi connectivity index (χ1) is 5.65. The standard InChI is InChI=1S/C9H8F2S/c1-6(5-12)8-3-2-7(10)4-9(8)11/h2-6H,1H3. The Morgan fingerprint density at radius 1 is 1.42 bits per heavy atom. The summed E-state index contributed by atoms with van der Waals surface area (Å²) in [6.45, 7) is 1.77. The molecule has 3 heteroatoms. The summed E-state index contributed by atoms with van der Waals surface area (Å²) in [5.74, 6) is -1.25. The highest BCUT2D eigenvalue weighted by Crippen LogP contribution is 2.17. The average molecular weight is 186 g/mol. The Hall–Kier alpha value is -0.830. The molecule has 0 aliphatic rings. The number of hydrogen-bond acceptors (Lipinski definition) is 1. The Morgan fingerprint density at radius 3 is 2.58 bits per heavy atom. The van der Waals surface area contributed by atoms with Crippen LogP contribution in [0.4, 0.5) is 8.78 Å². The first-order valence-electron chi connectivity index (χ1n) is 3.55. The number of benzene rings is 1. The van der Waals surface area contributed by atoms with Crippen LogP contribution in [0.1, 0.15) is 18.4 Å². The van der Waals surface area contributed by atoms with Crippen LogP contribution in [0.2, 0.25) is 0 Å². The molecule has 0 heterocycles. The van der Waals surface area contributed by atoms with E-state index < -0.39 is 11.6 Å². The van der Waals surface area contributed by atoms with Crippen molar-refractivity contribution in [2.45, 2.75) is 12.8 Å². The van der Waals surface area contributed by atoms with Crippen molar-refractivity contribution in [2.75, 3.05) is 0 Å². The third-order valence-electron chi connectivity index (χ3n) is 1.66. The van der Waals surface area contributed by atoms with E-state index in [0.29, 0.717) is 5.56 Å². The molecule has 0 saturated carbocycles. The second kappa shape index (κ2) is 3.72. The molecule has 1 unspecified atom stereocenters. The summed E-state index contributed by atoms with van der Waals surface area (Å²) in [5, 5.41) is 1.45. The van der Waals surface area contributed by atoms with E-state index in [0.717, 1.165) is 6.07 Å². The van der Waals surface area contributed by atoms with Gasteiger partial charge in [-0.25, -0.2) is 8.78 Å². The van der Waals surface area contributed by atoms with Gasteiger partial charge in [-0.2, -0.15) is 0 Å². The Morgan fingerprint density at radius 2 is 2.08 bits per heavy atom. The first-order valence-corrected chi connectivity index (χ1v) is 4.02.